The number of thiophene rings is 1. The molecular formula is C23H18N2O3S. The Morgan fingerprint density at radius 3 is 2.62 bits per heavy atom. The van der Waals surface area contributed by atoms with Gasteiger partial charge in [0.05, 0.1) is 12.5 Å². The molecule has 3 aromatic rings. The summed E-state index contributed by atoms with van der Waals surface area (Å²) in [4.78, 5) is 26.1. The largest absolute Gasteiger partial charge is 0.451 e. The topological polar surface area (TPSA) is 79.2 Å². The molecule has 29 heavy (non-hydrogen) atoms. The molecule has 2 aromatic carbocycles. The molecule has 0 radical (unpaired) electrons. The average molecular weight is 402 g/mol. The maximum Gasteiger partial charge on any atom is 0.348 e. The van der Waals surface area contributed by atoms with Crippen LogP contribution in [0, 0.1) is 11.3 Å². The van der Waals surface area contributed by atoms with Crippen LogP contribution in [0.25, 0.3) is 10.4 Å². The summed E-state index contributed by atoms with van der Waals surface area (Å²) in [5.41, 5.74) is 5.09. The van der Waals surface area contributed by atoms with Crippen molar-refractivity contribution in [2.75, 3.05) is 11.9 Å². The lowest BCUT2D eigenvalue weighted by molar-refractivity contribution is -0.119. The van der Waals surface area contributed by atoms with Crippen molar-refractivity contribution in [3.63, 3.8) is 0 Å². The second-order valence-electron chi connectivity index (χ2n) is 6.78. The second kappa shape index (κ2) is 8.29. The lowest BCUT2D eigenvalue weighted by Crippen LogP contribution is -2.20. The number of anilines is 1. The lowest BCUT2D eigenvalue weighted by atomic mass is 9.91. The van der Waals surface area contributed by atoms with E-state index in [-0.39, 0.29) is 6.61 Å². The highest BCUT2D eigenvalue weighted by Crippen LogP contribution is 2.39. The third-order valence-electron chi connectivity index (χ3n) is 4.79. The minimum Gasteiger partial charge on any atom is -0.451 e. The van der Waals surface area contributed by atoms with Crippen LogP contribution in [0.4, 0.5) is 5.69 Å². The molecule has 144 valence electrons. The van der Waals surface area contributed by atoms with Crippen LogP contribution >= 0.6 is 11.3 Å². The van der Waals surface area contributed by atoms with Crippen LogP contribution in [0.2, 0.25) is 0 Å². The van der Waals surface area contributed by atoms with Gasteiger partial charge in [0.1, 0.15) is 4.88 Å². The number of carbonyl (C=O) groups excluding carboxylic acids is 2. The molecular weight excluding hydrogens is 384 g/mol. The van der Waals surface area contributed by atoms with Crippen molar-refractivity contribution in [1.29, 1.82) is 5.26 Å². The quantitative estimate of drug-likeness (QED) is 0.643. The molecule has 0 fully saturated rings. The van der Waals surface area contributed by atoms with E-state index in [9.17, 15) is 9.59 Å². The van der Waals surface area contributed by atoms with E-state index >= 15 is 0 Å². The van der Waals surface area contributed by atoms with E-state index in [4.69, 9.17) is 10.00 Å². The first-order valence-electron chi connectivity index (χ1n) is 9.28. The lowest BCUT2D eigenvalue weighted by Gasteiger charge is -2.15. The van der Waals surface area contributed by atoms with Gasteiger partial charge in [-0.2, -0.15) is 5.26 Å². The Hall–Kier alpha value is -3.43. The fourth-order valence-corrected chi connectivity index (χ4v) is 4.53. The molecule has 1 aliphatic rings. The summed E-state index contributed by atoms with van der Waals surface area (Å²) in [6.45, 7) is -0.349. The van der Waals surface area contributed by atoms with Gasteiger partial charge < -0.3 is 10.1 Å². The van der Waals surface area contributed by atoms with Crippen LogP contribution in [0.15, 0.2) is 54.6 Å². The molecule has 0 atom stereocenters. The number of aryl methyl sites for hydroxylation is 2. The summed E-state index contributed by atoms with van der Waals surface area (Å²) in [6.07, 6.45) is 2.18. The van der Waals surface area contributed by atoms with Gasteiger partial charge in [-0.1, -0.05) is 36.4 Å². The third kappa shape index (κ3) is 4.20. The Kier molecular flexibility index (Phi) is 5.41. The third-order valence-corrected chi connectivity index (χ3v) is 5.98. The SMILES string of the molecule is N#CCc1ccc(NC(=O)COC(=O)c2cc3c(s2)-c2ccccc2CC3)cc1. The average Bonchev–Trinajstić information content (AvgIpc) is 3.19. The van der Waals surface area contributed by atoms with Gasteiger partial charge in [-0.25, -0.2) is 4.79 Å². The Labute approximate surface area is 172 Å². The van der Waals surface area contributed by atoms with E-state index in [0.29, 0.717) is 17.0 Å². The van der Waals surface area contributed by atoms with Gasteiger partial charge in [-0.05, 0) is 53.3 Å². The number of rotatable bonds is 5. The van der Waals surface area contributed by atoms with Gasteiger partial charge in [0.15, 0.2) is 6.61 Å². The second-order valence-corrected chi connectivity index (χ2v) is 7.83. The van der Waals surface area contributed by atoms with E-state index in [1.165, 1.54) is 22.5 Å². The van der Waals surface area contributed by atoms with Crippen molar-refractivity contribution in [3.8, 4) is 16.5 Å². The fourth-order valence-electron chi connectivity index (χ4n) is 3.37. The number of nitrogens with one attached hydrogen (secondary N) is 1. The summed E-state index contributed by atoms with van der Waals surface area (Å²) < 4.78 is 5.21. The molecule has 0 spiro atoms. The van der Waals surface area contributed by atoms with Crippen molar-refractivity contribution in [2.24, 2.45) is 0 Å². The molecule has 0 aliphatic heterocycles. The number of ether oxygens (including phenoxy) is 1. The molecule has 6 heteroatoms. The van der Waals surface area contributed by atoms with Gasteiger partial charge in [-0.3, -0.25) is 4.79 Å². The molecule has 1 aromatic heterocycles. The van der Waals surface area contributed by atoms with E-state index in [1.807, 2.05) is 18.2 Å². The number of hydrogen-bond acceptors (Lipinski definition) is 5. The Bertz CT molecular complexity index is 1110. The Balaban J connectivity index is 1.36. The first-order valence-corrected chi connectivity index (χ1v) is 10.1. The molecule has 1 amide bonds. The van der Waals surface area contributed by atoms with Crippen LogP contribution in [0.3, 0.4) is 0 Å². The predicted octanol–water partition coefficient (Wildman–Crippen LogP) is 4.38. The van der Waals surface area contributed by atoms with Gasteiger partial charge in [0, 0.05) is 10.6 Å². The van der Waals surface area contributed by atoms with Crippen molar-refractivity contribution in [1.82, 2.24) is 0 Å². The van der Waals surface area contributed by atoms with E-state index < -0.39 is 11.9 Å². The highest BCUT2D eigenvalue weighted by Gasteiger charge is 2.22. The minimum atomic E-state index is -0.485. The number of hydrogen-bond donors (Lipinski definition) is 1. The highest BCUT2D eigenvalue weighted by molar-refractivity contribution is 7.17. The Morgan fingerprint density at radius 2 is 1.83 bits per heavy atom. The Morgan fingerprint density at radius 1 is 1.07 bits per heavy atom. The molecule has 1 heterocycles. The number of carbonyl (C=O) groups is 2. The monoisotopic (exact) mass is 402 g/mol. The van der Waals surface area contributed by atoms with Crippen molar-refractivity contribution in [2.45, 2.75) is 19.3 Å². The minimum absolute atomic E-state index is 0.321. The normalized spacial score (nSPS) is 11.7. The molecule has 0 saturated heterocycles. The number of nitriles is 1. The van der Waals surface area contributed by atoms with Crippen LogP contribution < -0.4 is 5.32 Å². The van der Waals surface area contributed by atoms with E-state index in [0.717, 1.165) is 28.8 Å². The molecule has 1 N–H and O–H groups in total. The van der Waals surface area contributed by atoms with Crippen molar-refractivity contribution >= 4 is 28.9 Å². The molecule has 0 unspecified atom stereocenters. The van der Waals surface area contributed by atoms with Crippen molar-refractivity contribution in [3.05, 3.63) is 76.2 Å². The number of fused-ring (bicyclic) bond motifs is 3. The zero-order chi connectivity index (χ0) is 20.2. The summed E-state index contributed by atoms with van der Waals surface area (Å²) >= 11 is 1.42. The van der Waals surface area contributed by atoms with Gasteiger partial charge in [-0.15, -0.1) is 11.3 Å². The van der Waals surface area contributed by atoms with E-state index in [2.05, 4.69) is 23.5 Å². The number of amides is 1. The summed E-state index contributed by atoms with van der Waals surface area (Å²) in [5.74, 6) is -0.889. The van der Waals surface area contributed by atoms with Gasteiger partial charge >= 0.3 is 5.97 Å². The zero-order valence-corrected chi connectivity index (χ0v) is 16.4. The number of esters is 1. The number of benzene rings is 2. The molecule has 1 aliphatic carbocycles. The van der Waals surface area contributed by atoms with Gasteiger partial charge in [0.25, 0.3) is 5.91 Å². The predicted molar refractivity (Wildman–Crippen MR) is 112 cm³/mol. The first kappa shape index (κ1) is 18.9. The fraction of sp³-hybridized carbons (Fsp3) is 0.174. The molecule has 5 nitrogen and oxygen atoms in total. The highest BCUT2D eigenvalue weighted by atomic mass is 32.1. The van der Waals surface area contributed by atoms with Crippen LogP contribution in [-0.2, 0) is 28.8 Å². The maximum atomic E-state index is 12.4. The number of nitrogens with zero attached hydrogens (tertiary/aromatic N) is 1. The summed E-state index contributed by atoms with van der Waals surface area (Å²) in [5, 5.41) is 11.4. The summed E-state index contributed by atoms with van der Waals surface area (Å²) in [7, 11) is 0. The van der Waals surface area contributed by atoms with Crippen LogP contribution in [-0.4, -0.2) is 18.5 Å². The van der Waals surface area contributed by atoms with Crippen LogP contribution in [0.5, 0.6) is 0 Å². The van der Waals surface area contributed by atoms with Gasteiger partial charge in [0.2, 0.25) is 0 Å². The molecule has 0 bridgehead atoms. The molecule has 0 saturated carbocycles. The molecule has 4 rings (SSSR count). The van der Waals surface area contributed by atoms with E-state index in [1.54, 1.807) is 24.3 Å². The summed E-state index contributed by atoms with van der Waals surface area (Å²) in [6, 6.07) is 19.2. The van der Waals surface area contributed by atoms with Crippen molar-refractivity contribution < 1.29 is 14.3 Å². The zero-order valence-electron chi connectivity index (χ0n) is 15.6. The first-order chi connectivity index (χ1) is 14.1. The standard InChI is InChI=1S/C23H18N2O3S/c24-12-11-15-5-9-18(10-6-15)25-21(26)14-28-23(27)20-13-17-8-7-16-3-1-2-4-19(16)22(17)29-20/h1-6,9-10,13H,7-8,11,14H2,(H,25,26). The maximum absolute atomic E-state index is 12.4. The van der Waals surface area contributed by atoms with Crippen LogP contribution in [0.1, 0.15) is 26.4 Å². The smallest absolute Gasteiger partial charge is 0.348 e.